The Balaban J connectivity index is 2.02. The molecule has 2 N–H and O–H groups in total. The van der Waals surface area contributed by atoms with E-state index in [9.17, 15) is 13.2 Å². The van der Waals surface area contributed by atoms with Gasteiger partial charge in [0.1, 0.15) is 11.5 Å². The van der Waals surface area contributed by atoms with Crippen LogP contribution in [0.4, 0.5) is 5.69 Å². The topological polar surface area (TPSA) is 103 Å². The van der Waals surface area contributed by atoms with Crippen molar-refractivity contribution in [3.05, 3.63) is 48.0 Å². The lowest BCUT2D eigenvalue weighted by Gasteiger charge is -2.15. The maximum absolute atomic E-state index is 12.6. The molecule has 0 aliphatic heterocycles. The van der Waals surface area contributed by atoms with Crippen LogP contribution in [0.5, 0.6) is 11.5 Å². The Morgan fingerprint density at radius 1 is 1.10 bits per heavy atom. The number of anilines is 1. The van der Waals surface area contributed by atoms with E-state index < -0.39 is 10.0 Å². The van der Waals surface area contributed by atoms with Crippen LogP contribution in [0.25, 0.3) is 0 Å². The van der Waals surface area contributed by atoms with Crippen molar-refractivity contribution in [2.24, 2.45) is 0 Å². The van der Waals surface area contributed by atoms with E-state index in [4.69, 9.17) is 14.2 Å². The van der Waals surface area contributed by atoms with Gasteiger partial charge < -0.3 is 19.5 Å². The van der Waals surface area contributed by atoms with E-state index in [0.717, 1.165) is 0 Å². The van der Waals surface area contributed by atoms with Gasteiger partial charge in [0.2, 0.25) is 0 Å². The molecule has 2 aromatic carbocycles. The monoisotopic (exact) mass is 422 g/mol. The lowest BCUT2D eigenvalue weighted by Crippen LogP contribution is -2.38. The van der Waals surface area contributed by atoms with E-state index in [1.807, 2.05) is 6.92 Å². The minimum absolute atomic E-state index is 0.0938. The van der Waals surface area contributed by atoms with E-state index >= 15 is 0 Å². The zero-order chi connectivity index (χ0) is 21.4. The fraction of sp³-hybridized carbons (Fsp3) is 0.350. The molecule has 29 heavy (non-hydrogen) atoms. The summed E-state index contributed by atoms with van der Waals surface area (Å²) in [5, 5.41) is 2.74. The largest absolute Gasteiger partial charge is 0.497 e. The summed E-state index contributed by atoms with van der Waals surface area (Å²) in [5.41, 5.74) is 1.02. The summed E-state index contributed by atoms with van der Waals surface area (Å²) in [6, 6.07) is 10.9. The van der Waals surface area contributed by atoms with Gasteiger partial charge >= 0.3 is 0 Å². The van der Waals surface area contributed by atoms with Crippen molar-refractivity contribution < 1.29 is 27.4 Å². The second kappa shape index (κ2) is 10.1. The molecule has 1 atom stereocenters. The Bertz CT molecular complexity index is 928. The molecule has 0 aliphatic rings. The number of carbonyl (C=O) groups excluding carboxylic acids is 1. The lowest BCUT2D eigenvalue weighted by molar-refractivity contribution is -0.124. The van der Waals surface area contributed by atoms with Gasteiger partial charge in [0.05, 0.1) is 18.6 Å². The van der Waals surface area contributed by atoms with E-state index in [1.165, 1.54) is 25.3 Å². The maximum Gasteiger partial charge on any atom is 0.261 e. The SMILES string of the molecule is COC[C@H](C)NC(=O)COc1ccc(S(=O)(=O)Nc2ccc(OC)cc2)cc1C. The highest BCUT2D eigenvalue weighted by atomic mass is 32.2. The average Bonchev–Trinajstić information content (AvgIpc) is 2.67. The minimum Gasteiger partial charge on any atom is -0.497 e. The first kappa shape index (κ1) is 22.5. The van der Waals surface area contributed by atoms with Crippen LogP contribution in [0.2, 0.25) is 0 Å². The molecule has 2 aromatic rings. The standard InChI is InChI=1S/C20H26N2O6S/c1-14-11-18(29(24,25)22-16-5-7-17(27-4)8-6-16)9-10-19(14)28-13-20(23)21-15(2)12-26-3/h5-11,15,22H,12-13H2,1-4H3,(H,21,23)/t15-/m0/s1. The first-order chi connectivity index (χ1) is 13.7. The highest BCUT2D eigenvalue weighted by molar-refractivity contribution is 7.92. The summed E-state index contributed by atoms with van der Waals surface area (Å²) < 4.78 is 43.3. The molecule has 158 valence electrons. The van der Waals surface area contributed by atoms with Crippen molar-refractivity contribution in [1.29, 1.82) is 0 Å². The Morgan fingerprint density at radius 2 is 1.79 bits per heavy atom. The summed E-state index contributed by atoms with van der Waals surface area (Å²) in [6.07, 6.45) is 0. The number of nitrogens with one attached hydrogen (secondary N) is 2. The zero-order valence-corrected chi connectivity index (χ0v) is 17.7. The van der Waals surface area contributed by atoms with Gasteiger partial charge in [-0.15, -0.1) is 0 Å². The van der Waals surface area contributed by atoms with Crippen LogP contribution in [0, 0.1) is 6.92 Å². The molecule has 0 spiro atoms. The first-order valence-electron chi connectivity index (χ1n) is 8.94. The summed E-state index contributed by atoms with van der Waals surface area (Å²) in [4.78, 5) is 12.0. The van der Waals surface area contributed by atoms with E-state index in [-0.39, 0.29) is 23.5 Å². The normalized spacial score (nSPS) is 12.1. The van der Waals surface area contributed by atoms with Gasteiger partial charge in [-0.3, -0.25) is 9.52 Å². The Hall–Kier alpha value is -2.78. The maximum atomic E-state index is 12.6. The number of rotatable bonds is 10. The molecule has 0 saturated carbocycles. The average molecular weight is 423 g/mol. The number of carbonyl (C=O) groups is 1. The van der Waals surface area contributed by atoms with Crippen molar-refractivity contribution >= 4 is 21.6 Å². The van der Waals surface area contributed by atoms with Crippen LogP contribution < -0.4 is 19.5 Å². The van der Waals surface area contributed by atoms with E-state index in [0.29, 0.717) is 29.4 Å². The third-order valence-electron chi connectivity index (χ3n) is 3.98. The highest BCUT2D eigenvalue weighted by Crippen LogP contribution is 2.24. The number of ether oxygens (including phenoxy) is 3. The van der Waals surface area contributed by atoms with Gasteiger partial charge in [-0.25, -0.2) is 8.42 Å². The van der Waals surface area contributed by atoms with Crippen LogP contribution in [0.3, 0.4) is 0 Å². The fourth-order valence-electron chi connectivity index (χ4n) is 2.58. The van der Waals surface area contributed by atoms with Crippen molar-refractivity contribution in [2.45, 2.75) is 24.8 Å². The summed E-state index contributed by atoms with van der Waals surface area (Å²) >= 11 is 0. The number of hydrogen-bond donors (Lipinski definition) is 2. The second-order valence-electron chi connectivity index (χ2n) is 6.47. The van der Waals surface area contributed by atoms with Gasteiger partial charge in [-0.1, -0.05) is 0 Å². The number of sulfonamides is 1. The van der Waals surface area contributed by atoms with Gasteiger partial charge in [0.15, 0.2) is 6.61 Å². The minimum atomic E-state index is -3.77. The molecule has 0 bridgehead atoms. The summed E-state index contributed by atoms with van der Waals surface area (Å²) in [6.45, 7) is 3.76. The zero-order valence-electron chi connectivity index (χ0n) is 16.9. The quantitative estimate of drug-likeness (QED) is 0.609. The summed E-state index contributed by atoms with van der Waals surface area (Å²) in [5.74, 6) is 0.778. The predicted molar refractivity (Wildman–Crippen MR) is 110 cm³/mol. The fourth-order valence-corrected chi connectivity index (χ4v) is 3.72. The van der Waals surface area contributed by atoms with Gasteiger partial charge in [0.25, 0.3) is 15.9 Å². The molecule has 0 radical (unpaired) electrons. The third kappa shape index (κ3) is 6.65. The van der Waals surface area contributed by atoms with Crippen LogP contribution >= 0.6 is 0 Å². The molecule has 0 fully saturated rings. The number of hydrogen-bond acceptors (Lipinski definition) is 6. The molecule has 8 nitrogen and oxygen atoms in total. The van der Waals surface area contributed by atoms with Gasteiger partial charge in [-0.05, 0) is 61.9 Å². The first-order valence-corrected chi connectivity index (χ1v) is 10.4. The lowest BCUT2D eigenvalue weighted by atomic mass is 10.2. The Labute approximate surface area is 171 Å². The smallest absolute Gasteiger partial charge is 0.261 e. The Morgan fingerprint density at radius 3 is 2.38 bits per heavy atom. The van der Waals surface area contributed by atoms with E-state index in [2.05, 4.69) is 10.0 Å². The molecule has 0 unspecified atom stereocenters. The van der Waals surface area contributed by atoms with Crippen molar-refractivity contribution in [3.63, 3.8) is 0 Å². The molecule has 9 heteroatoms. The molecule has 1 amide bonds. The molecular formula is C20H26N2O6S. The van der Waals surface area contributed by atoms with Crippen LogP contribution in [-0.4, -0.2) is 47.8 Å². The van der Waals surface area contributed by atoms with Crippen LogP contribution in [0.15, 0.2) is 47.4 Å². The Kier molecular flexibility index (Phi) is 7.86. The van der Waals surface area contributed by atoms with Crippen LogP contribution in [-0.2, 0) is 19.6 Å². The second-order valence-corrected chi connectivity index (χ2v) is 8.16. The molecule has 0 saturated heterocycles. The number of benzene rings is 2. The van der Waals surface area contributed by atoms with Crippen molar-refractivity contribution in [1.82, 2.24) is 5.32 Å². The van der Waals surface area contributed by atoms with Gasteiger partial charge in [-0.2, -0.15) is 0 Å². The highest BCUT2D eigenvalue weighted by Gasteiger charge is 2.16. The molecular weight excluding hydrogens is 396 g/mol. The third-order valence-corrected chi connectivity index (χ3v) is 5.36. The molecule has 0 aliphatic carbocycles. The van der Waals surface area contributed by atoms with Crippen molar-refractivity contribution in [3.8, 4) is 11.5 Å². The van der Waals surface area contributed by atoms with Gasteiger partial charge in [0, 0.05) is 18.8 Å². The molecule has 2 rings (SSSR count). The number of aryl methyl sites for hydroxylation is 1. The predicted octanol–water partition coefficient (Wildman–Crippen LogP) is 2.33. The number of amides is 1. The molecule has 0 heterocycles. The number of methoxy groups -OCH3 is 2. The molecule has 0 aromatic heterocycles. The van der Waals surface area contributed by atoms with E-state index in [1.54, 1.807) is 38.3 Å². The van der Waals surface area contributed by atoms with Crippen LogP contribution in [0.1, 0.15) is 12.5 Å². The van der Waals surface area contributed by atoms with Crippen molar-refractivity contribution in [2.75, 3.05) is 32.2 Å². The summed E-state index contributed by atoms with van der Waals surface area (Å²) in [7, 11) is -0.671.